The Hall–Kier alpha value is -3.55. The van der Waals surface area contributed by atoms with Crippen LogP contribution in [-0.4, -0.2) is 193 Å². The monoisotopic (exact) mass is 1340 g/mol. The number of nitrogens with one attached hydrogen (secondary N) is 1. The molecule has 3 heterocycles. The largest absolute Gasteiger partial charge is 0.394 e. The van der Waals surface area contributed by atoms with Crippen molar-refractivity contribution in [1.29, 1.82) is 0 Å². The normalized spacial score (nSPS) is 27.9. The van der Waals surface area contributed by atoms with Crippen LogP contribution in [0.25, 0.3) is 0 Å². The van der Waals surface area contributed by atoms with E-state index in [0.717, 1.165) is 96.3 Å². The molecule has 19 nitrogen and oxygen atoms in total. The van der Waals surface area contributed by atoms with Crippen molar-refractivity contribution in [3.05, 3.63) is 109 Å². The number of amides is 1. The molecule has 0 spiro atoms. The van der Waals surface area contributed by atoms with Crippen LogP contribution in [0.2, 0.25) is 0 Å². The maximum absolute atomic E-state index is 13.4. The number of aliphatic hydroxyl groups excluding tert-OH is 11. The molecule has 0 aromatic heterocycles. The molecule has 17 unspecified atom stereocenters. The van der Waals surface area contributed by atoms with Gasteiger partial charge in [-0.2, -0.15) is 0 Å². The van der Waals surface area contributed by atoms with Crippen molar-refractivity contribution in [3.8, 4) is 0 Å². The summed E-state index contributed by atoms with van der Waals surface area (Å²) >= 11 is 0. The van der Waals surface area contributed by atoms with Gasteiger partial charge < -0.3 is 89.9 Å². The molecule has 95 heavy (non-hydrogen) atoms. The van der Waals surface area contributed by atoms with Crippen LogP contribution >= 0.6 is 0 Å². The molecule has 3 aliphatic heterocycles. The van der Waals surface area contributed by atoms with Crippen molar-refractivity contribution in [2.45, 2.75) is 336 Å². The molecule has 0 aromatic rings. The van der Waals surface area contributed by atoms with E-state index >= 15 is 0 Å². The van der Waals surface area contributed by atoms with Crippen molar-refractivity contribution >= 4 is 5.91 Å². The Kier molecular flexibility index (Phi) is 50.7. The lowest BCUT2D eigenvalue weighted by atomic mass is 9.96. The van der Waals surface area contributed by atoms with Crippen LogP contribution in [0.5, 0.6) is 0 Å². The number of aliphatic hydroxyl groups is 11. The Bertz CT molecular complexity index is 2140. The van der Waals surface area contributed by atoms with Crippen LogP contribution in [-0.2, 0) is 33.2 Å². The molecule has 0 aliphatic carbocycles. The maximum Gasteiger partial charge on any atom is 0.220 e. The van der Waals surface area contributed by atoms with Gasteiger partial charge in [-0.25, -0.2) is 0 Å². The minimum Gasteiger partial charge on any atom is -0.394 e. The van der Waals surface area contributed by atoms with Gasteiger partial charge >= 0.3 is 0 Å². The van der Waals surface area contributed by atoms with Crippen molar-refractivity contribution in [2.75, 3.05) is 26.4 Å². The van der Waals surface area contributed by atoms with Crippen LogP contribution in [0.15, 0.2) is 109 Å². The lowest BCUT2D eigenvalue weighted by Gasteiger charge is -2.48. The van der Waals surface area contributed by atoms with E-state index in [-0.39, 0.29) is 18.9 Å². The van der Waals surface area contributed by atoms with Gasteiger partial charge in [-0.1, -0.05) is 245 Å². The van der Waals surface area contributed by atoms with E-state index in [4.69, 9.17) is 28.4 Å². The smallest absolute Gasteiger partial charge is 0.220 e. The number of unbranched alkanes of at least 4 members (excludes halogenated alkanes) is 23. The highest BCUT2D eigenvalue weighted by Gasteiger charge is 2.53. The third kappa shape index (κ3) is 37.5. The number of hydrogen-bond donors (Lipinski definition) is 12. The summed E-state index contributed by atoms with van der Waals surface area (Å²) in [4.78, 5) is 13.4. The molecule has 546 valence electrons. The highest BCUT2D eigenvalue weighted by atomic mass is 16.8. The third-order valence-electron chi connectivity index (χ3n) is 17.6. The minimum absolute atomic E-state index is 0.206. The molecule has 12 N–H and O–H groups in total. The zero-order valence-corrected chi connectivity index (χ0v) is 57.9. The lowest BCUT2D eigenvalue weighted by molar-refractivity contribution is -0.379. The second-order valence-corrected chi connectivity index (χ2v) is 25.7. The lowest BCUT2D eigenvalue weighted by Crippen LogP contribution is -2.66. The molecule has 0 saturated carbocycles. The molecule has 17 atom stereocenters. The van der Waals surface area contributed by atoms with Crippen molar-refractivity contribution in [1.82, 2.24) is 5.32 Å². The Balaban J connectivity index is 1.45. The third-order valence-corrected chi connectivity index (χ3v) is 17.6. The zero-order valence-electron chi connectivity index (χ0n) is 57.9. The first-order valence-electron chi connectivity index (χ1n) is 36.6. The first-order valence-corrected chi connectivity index (χ1v) is 36.6. The highest BCUT2D eigenvalue weighted by Crippen LogP contribution is 2.33. The van der Waals surface area contributed by atoms with E-state index in [9.17, 15) is 61.0 Å². The topological polar surface area (TPSA) is 307 Å². The van der Waals surface area contributed by atoms with Gasteiger partial charge in [0.15, 0.2) is 18.9 Å². The average molecular weight is 1340 g/mol. The van der Waals surface area contributed by atoms with Crippen LogP contribution in [0.3, 0.4) is 0 Å². The van der Waals surface area contributed by atoms with E-state index in [0.29, 0.717) is 12.8 Å². The summed E-state index contributed by atoms with van der Waals surface area (Å²) in [5.74, 6) is -0.308. The summed E-state index contributed by atoms with van der Waals surface area (Å²) in [6.07, 6.45) is 49.1. The second-order valence-electron chi connectivity index (χ2n) is 25.7. The summed E-state index contributed by atoms with van der Waals surface area (Å²) in [5.41, 5.74) is 0. The van der Waals surface area contributed by atoms with Gasteiger partial charge in [0, 0.05) is 6.42 Å². The fourth-order valence-electron chi connectivity index (χ4n) is 11.7. The Morgan fingerprint density at radius 2 is 0.737 bits per heavy atom. The fourth-order valence-corrected chi connectivity index (χ4v) is 11.7. The summed E-state index contributed by atoms with van der Waals surface area (Å²) in [6, 6.07) is -1.01. The molecule has 3 saturated heterocycles. The SMILES string of the molecule is CC/C=C\C/C=C\C/C=C\C/C=C\C/C=C\C/C=C\C/C=C\CCCCCCCC(=O)NC(COC1OC(CO)C(OC2OC(CO)C(OC3OC(CO)C(O)C(O)C3O)C(O)C2O)C(O)C1O)C(O)/C=C/CC/C=C/CCCCCCCCCCCCCCCCCCC. The number of carbonyl (C=O) groups excluding carboxylic acids is 1. The molecule has 3 rings (SSSR count). The van der Waals surface area contributed by atoms with Crippen molar-refractivity contribution < 1.29 is 89.4 Å². The first-order chi connectivity index (χ1) is 46.3. The van der Waals surface area contributed by atoms with Gasteiger partial charge in [0.25, 0.3) is 0 Å². The van der Waals surface area contributed by atoms with Gasteiger partial charge in [-0.15, -0.1) is 0 Å². The van der Waals surface area contributed by atoms with Crippen molar-refractivity contribution in [2.24, 2.45) is 0 Å². The molecular weight excluding hydrogens is 1210 g/mol. The number of rotatable bonds is 55. The van der Waals surface area contributed by atoms with Gasteiger partial charge in [0.1, 0.15) is 73.2 Å². The van der Waals surface area contributed by atoms with Crippen molar-refractivity contribution in [3.63, 3.8) is 0 Å². The van der Waals surface area contributed by atoms with Gasteiger partial charge in [0.2, 0.25) is 5.91 Å². The molecule has 1 amide bonds. The van der Waals surface area contributed by atoms with E-state index in [2.05, 4.69) is 116 Å². The average Bonchev–Trinajstić information content (AvgIpc) is 0.787. The van der Waals surface area contributed by atoms with Crippen LogP contribution in [0, 0.1) is 0 Å². The molecule has 3 fully saturated rings. The number of hydrogen-bond acceptors (Lipinski definition) is 18. The molecule has 0 bridgehead atoms. The standard InChI is InChI=1S/C76H129NO18/c1-3-5-7-9-11-13-15-17-19-21-23-25-27-28-29-30-32-34-36-38-40-42-44-46-48-50-52-54-64(82)77-59(60(81)53-51-49-47-45-43-41-39-37-35-33-31-26-24-22-20-18-16-14-12-10-8-6-4-2)58-90-74-70(88)67(85)72(62(56-79)92-74)95-76-71(89)68(86)73(63(57-80)93-76)94-75-69(87)66(84)65(83)61(55-78)91-75/h5,7,11,13,17,19,23,25,28-29,32,34,38,40,43,45,51,53,59-63,65-76,78-81,83-89H,3-4,6,8-10,12,14-16,18,20-22,24,26-27,30-31,33,35-37,39,41-42,44,46-50,52,54-58H2,1-2H3,(H,77,82)/b7-5-,13-11-,19-17-,25-23-,29-28-,34-32-,40-38-,45-43+,53-51+. The number of ether oxygens (including phenoxy) is 6. The first kappa shape index (κ1) is 85.7. The predicted molar refractivity (Wildman–Crippen MR) is 374 cm³/mol. The van der Waals surface area contributed by atoms with Gasteiger partial charge in [-0.3, -0.25) is 4.79 Å². The number of allylic oxidation sites excluding steroid dienone is 17. The van der Waals surface area contributed by atoms with Gasteiger partial charge in [0.05, 0.1) is 38.6 Å². The highest BCUT2D eigenvalue weighted by molar-refractivity contribution is 5.76. The maximum atomic E-state index is 13.4. The Labute approximate surface area is 570 Å². The summed E-state index contributed by atoms with van der Waals surface area (Å²) in [5, 5.41) is 121. The fraction of sp³-hybridized carbons (Fsp3) is 0.750. The van der Waals surface area contributed by atoms with Crippen LogP contribution < -0.4 is 5.32 Å². The van der Waals surface area contributed by atoms with Gasteiger partial charge in [-0.05, 0) is 89.9 Å². The van der Waals surface area contributed by atoms with Crippen LogP contribution in [0.4, 0.5) is 0 Å². The quantitative estimate of drug-likeness (QED) is 0.0199. The summed E-state index contributed by atoms with van der Waals surface area (Å²) < 4.78 is 34.4. The van der Waals surface area contributed by atoms with Crippen LogP contribution in [0.1, 0.15) is 232 Å². The predicted octanol–water partition coefficient (Wildman–Crippen LogP) is 10.6. The molecule has 0 aromatic carbocycles. The Morgan fingerprint density at radius 3 is 1.18 bits per heavy atom. The zero-order chi connectivity index (χ0) is 68.9. The van der Waals surface area contributed by atoms with E-state index in [1.165, 1.54) is 103 Å². The van der Waals surface area contributed by atoms with E-state index < -0.39 is 124 Å². The van der Waals surface area contributed by atoms with E-state index in [1.807, 2.05) is 6.08 Å². The Morgan fingerprint density at radius 1 is 0.389 bits per heavy atom. The minimum atomic E-state index is -1.99. The molecule has 0 radical (unpaired) electrons. The van der Waals surface area contributed by atoms with E-state index in [1.54, 1.807) is 6.08 Å². The second kappa shape index (κ2) is 56.2. The summed E-state index contributed by atoms with van der Waals surface area (Å²) in [6.45, 7) is 1.59. The molecule has 19 heteroatoms. The molecule has 3 aliphatic rings. The summed E-state index contributed by atoms with van der Waals surface area (Å²) in [7, 11) is 0. The molecular formula is C76H129NO18. The number of carbonyl (C=O) groups is 1.